The molecule has 0 saturated heterocycles. The Kier molecular flexibility index (Phi) is 8.00. The van der Waals surface area contributed by atoms with Crippen LogP contribution < -0.4 is 15.4 Å². The van der Waals surface area contributed by atoms with Gasteiger partial charge in [-0.25, -0.2) is 0 Å². The molecule has 0 saturated carbocycles. The van der Waals surface area contributed by atoms with E-state index in [9.17, 15) is 9.59 Å². The zero-order valence-electron chi connectivity index (χ0n) is 18.7. The van der Waals surface area contributed by atoms with E-state index in [0.29, 0.717) is 17.8 Å². The fourth-order valence-corrected chi connectivity index (χ4v) is 3.47. The van der Waals surface area contributed by atoms with E-state index in [1.54, 1.807) is 31.4 Å². The lowest BCUT2D eigenvalue weighted by Crippen LogP contribution is -2.33. The molecule has 3 aromatic rings. The summed E-state index contributed by atoms with van der Waals surface area (Å²) in [5.74, 6) is 0.353. The van der Waals surface area contributed by atoms with Gasteiger partial charge in [-0.2, -0.15) is 0 Å². The zero-order valence-corrected chi connectivity index (χ0v) is 18.7. The Hall–Kier alpha value is -3.64. The van der Waals surface area contributed by atoms with Gasteiger partial charge in [0.05, 0.1) is 24.9 Å². The second-order valence-electron chi connectivity index (χ2n) is 7.60. The normalized spacial score (nSPS) is 11.6. The van der Waals surface area contributed by atoms with Gasteiger partial charge in [0, 0.05) is 18.2 Å². The number of carbonyl (C=O) groups excluding carboxylic acids is 2. The fourth-order valence-electron chi connectivity index (χ4n) is 3.47. The molecule has 0 spiro atoms. The number of nitrogens with zero attached hydrogens (tertiary/aromatic N) is 1. The second kappa shape index (κ2) is 11.1. The molecule has 3 rings (SSSR count). The van der Waals surface area contributed by atoms with Crippen molar-refractivity contribution in [1.82, 2.24) is 10.2 Å². The number of hydrogen-bond donors (Lipinski definition) is 2. The summed E-state index contributed by atoms with van der Waals surface area (Å²) in [5.41, 5.74) is 2.93. The first-order valence-corrected chi connectivity index (χ1v) is 10.5. The van der Waals surface area contributed by atoms with Gasteiger partial charge in [-0.15, -0.1) is 0 Å². The monoisotopic (exact) mass is 431 g/mol. The average molecular weight is 432 g/mol. The largest absolute Gasteiger partial charge is 0.496 e. The van der Waals surface area contributed by atoms with Crippen molar-refractivity contribution in [2.45, 2.75) is 19.5 Å². The maximum atomic E-state index is 12.8. The molecule has 0 aliphatic heterocycles. The van der Waals surface area contributed by atoms with E-state index in [1.807, 2.05) is 73.5 Å². The highest BCUT2D eigenvalue weighted by Crippen LogP contribution is 2.28. The first-order valence-electron chi connectivity index (χ1n) is 10.5. The van der Waals surface area contributed by atoms with Gasteiger partial charge in [-0.3, -0.25) is 14.5 Å². The molecule has 0 radical (unpaired) electrons. The van der Waals surface area contributed by atoms with Gasteiger partial charge in [0.15, 0.2) is 0 Å². The number of likely N-dealkylation sites (N-methyl/N-ethyl adjacent to an activating group) is 1. The molecule has 0 aliphatic rings. The van der Waals surface area contributed by atoms with Crippen LogP contribution in [0.3, 0.4) is 0 Å². The third kappa shape index (κ3) is 5.95. The van der Waals surface area contributed by atoms with Gasteiger partial charge < -0.3 is 15.4 Å². The second-order valence-corrected chi connectivity index (χ2v) is 7.60. The molecular formula is C26H29N3O3. The van der Waals surface area contributed by atoms with Gasteiger partial charge in [-0.1, -0.05) is 60.7 Å². The Labute approximate surface area is 189 Å². The van der Waals surface area contributed by atoms with E-state index >= 15 is 0 Å². The Morgan fingerprint density at radius 2 is 1.59 bits per heavy atom. The lowest BCUT2D eigenvalue weighted by molar-refractivity contribution is -0.117. The summed E-state index contributed by atoms with van der Waals surface area (Å²) in [6.45, 7) is 2.61. The first-order chi connectivity index (χ1) is 15.5. The van der Waals surface area contributed by atoms with Crippen LogP contribution in [0.4, 0.5) is 5.69 Å². The molecule has 32 heavy (non-hydrogen) atoms. The lowest BCUT2D eigenvalue weighted by atomic mass is 10.1. The maximum Gasteiger partial charge on any atom is 0.253 e. The summed E-state index contributed by atoms with van der Waals surface area (Å²) in [4.78, 5) is 27.4. The molecule has 1 unspecified atom stereocenters. The smallest absolute Gasteiger partial charge is 0.253 e. The third-order valence-electron chi connectivity index (χ3n) is 5.38. The minimum Gasteiger partial charge on any atom is -0.496 e. The third-order valence-corrected chi connectivity index (χ3v) is 5.38. The minimum absolute atomic E-state index is 0.0266. The van der Waals surface area contributed by atoms with Gasteiger partial charge in [0.2, 0.25) is 5.91 Å². The van der Waals surface area contributed by atoms with E-state index < -0.39 is 0 Å². The Bertz CT molecular complexity index is 1050. The number of benzene rings is 3. The van der Waals surface area contributed by atoms with Crippen molar-refractivity contribution in [2.24, 2.45) is 0 Å². The maximum absolute atomic E-state index is 12.8. The van der Waals surface area contributed by atoms with Crippen molar-refractivity contribution < 1.29 is 14.3 Å². The number of para-hydroxylation sites is 2. The predicted octanol–water partition coefficient (Wildman–Crippen LogP) is 4.26. The number of amides is 2. The SMILES string of the molecule is COc1ccccc1C(C)N(C)CC(=O)Nc1ccccc1C(=O)NCc1ccccc1. The van der Waals surface area contributed by atoms with E-state index in [1.165, 1.54) is 0 Å². The first kappa shape index (κ1) is 23.0. The molecule has 2 amide bonds. The molecule has 6 heteroatoms. The lowest BCUT2D eigenvalue weighted by Gasteiger charge is -2.26. The van der Waals surface area contributed by atoms with Crippen molar-refractivity contribution in [1.29, 1.82) is 0 Å². The van der Waals surface area contributed by atoms with Crippen molar-refractivity contribution in [2.75, 3.05) is 26.0 Å². The topological polar surface area (TPSA) is 70.7 Å². The number of ether oxygens (including phenoxy) is 1. The molecular weight excluding hydrogens is 402 g/mol. The molecule has 0 bridgehead atoms. The van der Waals surface area contributed by atoms with Crippen LogP contribution >= 0.6 is 0 Å². The Balaban J connectivity index is 1.63. The van der Waals surface area contributed by atoms with Crippen molar-refractivity contribution >= 4 is 17.5 Å². The highest BCUT2D eigenvalue weighted by molar-refractivity contribution is 6.04. The summed E-state index contributed by atoms with van der Waals surface area (Å²) in [7, 11) is 3.52. The molecule has 1 atom stereocenters. The van der Waals surface area contributed by atoms with Gasteiger partial charge >= 0.3 is 0 Å². The number of carbonyl (C=O) groups is 2. The van der Waals surface area contributed by atoms with Crippen LogP contribution in [0.2, 0.25) is 0 Å². The molecule has 6 nitrogen and oxygen atoms in total. The summed E-state index contributed by atoms with van der Waals surface area (Å²) >= 11 is 0. The fraction of sp³-hybridized carbons (Fsp3) is 0.231. The van der Waals surface area contributed by atoms with Gasteiger partial charge in [-0.05, 0) is 37.7 Å². The van der Waals surface area contributed by atoms with Crippen LogP contribution in [-0.4, -0.2) is 37.4 Å². The molecule has 166 valence electrons. The standard InChI is InChI=1S/C26H29N3O3/c1-19(21-13-8-10-16-24(21)32-3)29(2)18-25(30)28-23-15-9-7-14-22(23)26(31)27-17-20-11-5-4-6-12-20/h4-16,19H,17-18H2,1-3H3,(H,27,31)(H,28,30). The number of rotatable bonds is 9. The molecule has 3 aromatic carbocycles. The van der Waals surface area contributed by atoms with Crippen molar-refractivity contribution in [3.8, 4) is 5.75 Å². The number of nitrogens with one attached hydrogen (secondary N) is 2. The molecule has 0 fully saturated rings. The van der Waals surface area contributed by atoms with Gasteiger partial charge in [0.25, 0.3) is 5.91 Å². The van der Waals surface area contributed by atoms with Crippen LogP contribution in [0.1, 0.15) is 34.5 Å². The number of methoxy groups -OCH3 is 1. The molecule has 2 N–H and O–H groups in total. The average Bonchev–Trinajstić information content (AvgIpc) is 2.82. The van der Waals surface area contributed by atoms with Crippen LogP contribution in [0, 0.1) is 0 Å². The van der Waals surface area contributed by atoms with E-state index in [-0.39, 0.29) is 24.4 Å². The van der Waals surface area contributed by atoms with E-state index in [0.717, 1.165) is 16.9 Å². The van der Waals surface area contributed by atoms with Crippen molar-refractivity contribution in [3.63, 3.8) is 0 Å². The predicted molar refractivity (Wildman–Crippen MR) is 127 cm³/mol. The highest BCUT2D eigenvalue weighted by Gasteiger charge is 2.19. The van der Waals surface area contributed by atoms with Crippen LogP contribution in [0.5, 0.6) is 5.75 Å². The molecule has 0 heterocycles. The van der Waals surface area contributed by atoms with Crippen LogP contribution in [0.15, 0.2) is 78.9 Å². The van der Waals surface area contributed by atoms with Crippen molar-refractivity contribution in [3.05, 3.63) is 95.6 Å². The summed E-state index contributed by atoms with van der Waals surface area (Å²) < 4.78 is 5.44. The highest BCUT2D eigenvalue weighted by atomic mass is 16.5. The van der Waals surface area contributed by atoms with Crippen LogP contribution in [0.25, 0.3) is 0 Å². The van der Waals surface area contributed by atoms with Gasteiger partial charge in [0.1, 0.15) is 5.75 Å². The number of hydrogen-bond acceptors (Lipinski definition) is 4. The Morgan fingerprint density at radius 1 is 0.938 bits per heavy atom. The molecule has 0 aromatic heterocycles. The summed E-state index contributed by atoms with van der Waals surface area (Å²) in [6, 6.07) is 24.4. The summed E-state index contributed by atoms with van der Waals surface area (Å²) in [6.07, 6.45) is 0. The van der Waals surface area contributed by atoms with Crippen LogP contribution in [-0.2, 0) is 11.3 Å². The molecule has 0 aliphatic carbocycles. The zero-order chi connectivity index (χ0) is 22.9. The minimum atomic E-state index is -0.236. The van der Waals surface area contributed by atoms with E-state index in [4.69, 9.17) is 4.74 Å². The Morgan fingerprint density at radius 3 is 2.34 bits per heavy atom. The van der Waals surface area contributed by atoms with E-state index in [2.05, 4.69) is 10.6 Å². The quantitative estimate of drug-likeness (QED) is 0.531. The summed E-state index contributed by atoms with van der Waals surface area (Å²) in [5, 5.41) is 5.79. The number of anilines is 1.